The first-order valence-corrected chi connectivity index (χ1v) is 10.0. The summed E-state index contributed by atoms with van der Waals surface area (Å²) in [6, 6.07) is 25.8. The van der Waals surface area contributed by atoms with Crippen molar-refractivity contribution in [3.8, 4) is 5.75 Å². The zero-order valence-corrected chi connectivity index (χ0v) is 17.9. The first-order valence-electron chi connectivity index (χ1n) is 9.25. The van der Waals surface area contributed by atoms with Crippen molar-refractivity contribution in [3.05, 3.63) is 94.5 Å². The van der Waals surface area contributed by atoms with Crippen LogP contribution in [0.3, 0.4) is 0 Å². The standard InChI is InChI=1S/C24H24BrNO2/c1-17(23(27)26-21-13-11-20(25)12-14-21)28-22-15-9-19(10-16-22)24(2,3)18-7-5-4-6-8-18/h4-17H,1-3H3,(H,26,27). The normalized spacial score (nSPS) is 12.3. The number of nitrogens with one attached hydrogen (secondary N) is 1. The smallest absolute Gasteiger partial charge is 0.265 e. The second kappa shape index (κ2) is 8.61. The van der Waals surface area contributed by atoms with E-state index in [0.29, 0.717) is 5.75 Å². The molecule has 0 fully saturated rings. The predicted molar refractivity (Wildman–Crippen MR) is 118 cm³/mol. The molecular weight excluding hydrogens is 414 g/mol. The van der Waals surface area contributed by atoms with Gasteiger partial charge in [0.1, 0.15) is 5.75 Å². The van der Waals surface area contributed by atoms with Gasteiger partial charge in [-0.15, -0.1) is 0 Å². The predicted octanol–water partition coefficient (Wildman–Crippen LogP) is 6.18. The summed E-state index contributed by atoms with van der Waals surface area (Å²) in [7, 11) is 0. The summed E-state index contributed by atoms with van der Waals surface area (Å²) >= 11 is 3.38. The Morgan fingerprint density at radius 2 is 1.46 bits per heavy atom. The van der Waals surface area contributed by atoms with Crippen molar-refractivity contribution in [2.24, 2.45) is 0 Å². The highest BCUT2D eigenvalue weighted by molar-refractivity contribution is 9.10. The molecule has 144 valence electrons. The lowest BCUT2D eigenvalue weighted by molar-refractivity contribution is -0.122. The molecule has 3 rings (SSSR count). The van der Waals surface area contributed by atoms with E-state index in [9.17, 15) is 4.79 Å². The lowest BCUT2D eigenvalue weighted by Gasteiger charge is -2.26. The Balaban J connectivity index is 1.65. The second-order valence-corrected chi connectivity index (χ2v) is 8.19. The van der Waals surface area contributed by atoms with E-state index in [1.54, 1.807) is 6.92 Å². The minimum atomic E-state index is -0.600. The van der Waals surface area contributed by atoms with E-state index in [-0.39, 0.29) is 11.3 Å². The maximum atomic E-state index is 12.4. The van der Waals surface area contributed by atoms with Gasteiger partial charge < -0.3 is 10.1 Å². The minimum Gasteiger partial charge on any atom is -0.481 e. The highest BCUT2D eigenvalue weighted by Crippen LogP contribution is 2.32. The van der Waals surface area contributed by atoms with E-state index >= 15 is 0 Å². The van der Waals surface area contributed by atoms with Gasteiger partial charge in [0, 0.05) is 15.6 Å². The van der Waals surface area contributed by atoms with Gasteiger partial charge >= 0.3 is 0 Å². The van der Waals surface area contributed by atoms with Crippen LogP contribution in [0.2, 0.25) is 0 Å². The molecule has 0 aliphatic heterocycles. The Bertz CT molecular complexity index is 919. The maximum Gasteiger partial charge on any atom is 0.265 e. The molecule has 1 N–H and O–H groups in total. The number of carbonyl (C=O) groups is 1. The molecule has 0 radical (unpaired) electrons. The van der Waals surface area contributed by atoms with Gasteiger partial charge in [0.25, 0.3) is 5.91 Å². The molecule has 0 bridgehead atoms. The number of rotatable bonds is 6. The number of anilines is 1. The van der Waals surface area contributed by atoms with Gasteiger partial charge in [0.2, 0.25) is 0 Å². The molecule has 4 heteroatoms. The summed E-state index contributed by atoms with van der Waals surface area (Å²) in [6.45, 7) is 6.15. The Kier molecular flexibility index (Phi) is 6.20. The Hall–Kier alpha value is -2.59. The Labute approximate surface area is 174 Å². The molecule has 0 aliphatic carbocycles. The van der Waals surface area contributed by atoms with Gasteiger partial charge in [-0.2, -0.15) is 0 Å². The van der Waals surface area contributed by atoms with Gasteiger partial charge in [0.15, 0.2) is 6.10 Å². The van der Waals surface area contributed by atoms with Crippen LogP contribution in [0.15, 0.2) is 83.3 Å². The highest BCUT2D eigenvalue weighted by Gasteiger charge is 2.23. The van der Waals surface area contributed by atoms with Crippen LogP contribution in [-0.4, -0.2) is 12.0 Å². The number of benzene rings is 3. The Morgan fingerprint density at radius 3 is 2.07 bits per heavy atom. The van der Waals surface area contributed by atoms with Crippen molar-refractivity contribution >= 4 is 27.5 Å². The molecule has 0 saturated carbocycles. The number of amides is 1. The van der Waals surface area contributed by atoms with E-state index < -0.39 is 6.10 Å². The maximum absolute atomic E-state index is 12.4. The lowest BCUT2D eigenvalue weighted by atomic mass is 9.78. The fraction of sp³-hybridized carbons (Fsp3) is 0.208. The Morgan fingerprint density at radius 1 is 0.893 bits per heavy atom. The van der Waals surface area contributed by atoms with Gasteiger partial charge in [-0.05, 0) is 54.4 Å². The molecule has 1 amide bonds. The van der Waals surface area contributed by atoms with E-state index in [1.807, 2.05) is 42.5 Å². The third-order valence-electron chi connectivity index (χ3n) is 4.87. The molecule has 1 atom stereocenters. The van der Waals surface area contributed by atoms with E-state index in [2.05, 4.69) is 71.5 Å². The largest absolute Gasteiger partial charge is 0.481 e. The van der Waals surface area contributed by atoms with Crippen LogP contribution >= 0.6 is 15.9 Å². The molecule has 28 heavy (non-hydrogen) atoms. The van der Waals surface area contributed by atoms with Crippen LogP contribution in [0.25, 0.3) is 0 Å². The van der Waals surface area contributed by atoms with Crippen LogP contribution in [0.5, 0.6) is 5.75 Å². The highest BCUT2D eigenvalue weighted by atomic mass is 79.9. The quantitative estimate of drug-likeness (QED) is 0.499. The third kappa shape index (κ3) is 4.82. The van der Waals surface area contributed by atoms with Crippen LogP contribution < -0.4 is 10.1 Å². The summed E-state index contributed by atoms with van der Waals surface area (Å²) in [5.41, 5.74) is 3.08. The SMILES string of the molecule is CC(Oc1ccc(C(C)(C)c2ccccc2)cc1)C(=O)Nc1ccc(Br)cc1. The second-order valence-electron chi connectivity index (χ2n) is 7.27. The molecule has 3 aromatic rings. The number of carbonyl (C=O) groups excluding carboxylic acids is 1. The first kappa shape index (κ1) is 20.2. The monoisotopic (exact) mass is 437 g/mol. The molecular formula is C24H24BrNO2. The number of hydrogen-bond donors (Lipinski definition) is 1. The molecule has 0 saturated heterocycles. The number of halogens is 1. The molecule has 0 heterocycles. The summed E-state index contributed by atoms with van der Waals surface area (Å²) in [6.07, 6.45) is -0.600. The molecule has 0 spiro atoms. The topological polar surface area (TPSA) is 38.3 Å². The van der Waals surface area contributed by atoms with Crippen molar-refractivity contribution in [1.82, 2.24) is 0 Å². The van der Waals surface area contributed by atoms with Crippen molar-refractivity contribution < 1.29 is 9.53 Å². The van der Waals surface area contributed by atoms with Crippen LogP contribution in [-0.2, 0) is 10.2 Å². The zero-order valence-electron chi connectivity index (χ0n) is 16.3. The third-order valence-corrected chi connectivity index (χ3v) is 5.39. The van der Waals surface area contributed by atoms with Gasteiger partial charge in [-0.25, -0.2) is 0 Å². The molecule has 1 unspecified atom stereocenters. The summed E-state index contributed by atoms with van der Waals surface area (Å²) < 4.78 is 6.79. The van der Waals surface area contributed by atoms with Crippen molar-refractivity contribution in [3.63, 3.8) is 0 Å². The zero-order chi connectivity index (χ0) is 20.1. The summed E-state index contributed by atoms with van der Waals surface area (Å²) in [5.74, 6) is 0.488. The average Bonchev–Trinajstić information content (AvgIpc) is 2.70. The van der Waals surface area contributed by atoms with Crippen LogP contribution in [0, 0.1) is 0 Å². The summed E-state index contributed by atoms with van der Waals surface area (Å²) in [4.78, 5) is 12.4. The van der Waals surface area contributed by atoms with Crippen LogP contribution in [0.4, 0.5) is 5.69 Å². The molecule has 3 aromatic carbocycles. The van der Waals surface area contributed by atoms with Crippen LogP contribution in [0.1, 0.15) is 31.9 Å². The van der Waals surface area contributed by atoms with E-state index in [0.717, 1.165) is 10.2 Å². The minimum absolute atomic E-state index is 0.107. The van der Waals surface area contributed by atoms with Gasteiger partial charge in [0.05, 0.1) is 0 Å². The van der Waals surface area contributed by atoms with Crippen molar-refractivity contribution in [2.45, 2.75) is 32.3 Å². The van der Waals surface area contributed by atoms with Gasteiger partial charge in [-0.1, -0.05) is 72.2 Å². The number of hydrogen-bond acceptors (Lipinski definition) is 2. The van der Waals surface area contributed by atoms with Gasteiger partial charge in [-0.3, -0.25) is 4.79 Å². The molecule has 0 aliphatic rings. The summed E-state index contributed by atoms with van der Waals surface area (Å²) in [5, 5.41) is 2.86. The lowest BCUT2D eigenvalue weighted by Crippen LogP contribution is -2.30. The fourth-order valence-corrected chi connectivity index (χ4v) is 3.27. The van der Waals surface area contributed by atoms with E-state index in [1.165, 1.54) is 11.1 Å². The van der Waals surface area contributed by atoms with Crippen molar-refractivity contribution in [1.29, 1.82) is 0 Å². The first-order chi connectivity index (χ1) is 13.4. The molecule has 0 aromatic heterocycles. The number of ether oxygens (including phenoxy) is 1. The fourth-order valence-electron chi connectivity index (χ4n) is 3.01. The van der Waals surface area contributed by atoms with Crippen molar-refractivity contribution in [2.75, 3.05) is 5.32 Å². The molecule has 3 nitrogen and oxygen atoms in total. The average molecular weight is 438 g/mol. The van der Waals surface area contributed by atoms with E-state index in [4.69, 9.17) is 4.74 Å².